The first-order chi connectivity index (χ1) is 9.62. The lowest BCUT2D eigenvalue weighted by Gasteiger charge is -2.42. The summed E-state index contributed by atoms with van der Waals surface area (Å²) in [7, 11) is 0. The van der Waals surface area contributed by atoms with Crippen LogP contribution in [0.3, 0.4) is 0 Å². The second-order valence-corrected chi connectivity index (χ2v) is 6.07. The third-order valence-electron chi connectivity index (χ3n) is 3.73. The van der Waals surface area contributed by atoms with E-state index in [0.717, 1.165) is 30.1 Å². The summed E-state index contributed by atoms with van der Waals surface area (Å²) in [5, 5.41) is 6.23. The van der Waals surface area contributed by atoms with Gasteiger partial charge >= 0.3 is 0 Å². The molecule has 0 radical (unpaired) electrons. The van der Waals surface area contributed by atoms with E-state index in [1.807, 2.05) is 29.2 Å². The summed E-state index contributed by atoms with van der Waals surface area (Å²) in [4.78, 5) is 25.1. The van der Waals surface area contributed by atoms with Crippen LogP contribution in [0.25, 0.3) is 0 Å². The molecule has 5 nitrogen and oxygen atoms in total. The zero-order valence-corrected chi connectivity index (χ0v) is 12.1. The summed E-state index contributed by atoms with van der Waals surface area (Å²) < 4.78 is 0. The summed E-state index contributed by atoms with van der Waals surface area (Å²) >= 11 is 1.66. The molecule has 6 heteroatoms. The molecule has 3 rings (SSSR count). The van der Waals surface area contributed by atoms with Crippen molar-refractivity contribution < 1.29 is 9.59 Å². The van der Waals surface area contributed by atoms with Crippen LogP contribution in [0.5, 0.6) is 0 Å². The second kappa shape index (κ2) is 5.10. The highest BCUT2D eigenvalue weighted by atomic mass is 32.2. The first kappa shape index (κ1) is 13.5. The fourth-order valence-electron chi connectivity index (χ4n) is 2.87. The summed E-state index contributed by atoms with van der Waals surface area (Å²) in [6, 6.07) is 7.73. The van der Waals surface area contributed by atoms with Gasteiger partial charge in [-0.25, -0.2) is 0 Å². The Morgan fingerprint density at radius 3 is 2.85 bits per heavy atom. The van der Waals surface area contributed by atoms with Crippen LogP contribution in [0, 0.1) is 0 Å². The molecule has 1 aromatic carbocycles. The predicted octanol–water partition coefficient (Wildman–Crippen LogP) is 0.976. The molecule has 2 N–H and O–H groups in total. The standard InChI is InChI=1S/C14H17N3O2S/c1-10(18)16-12-4-2-11(3-5-12)14-9-20-8-13(19)17(14)7-6-15-14/h2-5,15H,6-9H2,1H3,(H,16,18). The van der Waals surface area contributed by atoms with Crippen LogP contribution >= 0.6 is 11.8 Å². The lowest BCUT2D eigenvalue weighted by Crippen LogP contribution is -2.56. The van der Waals surface area contributed by atoms with Crippen molar-refractivity contribution in [2.24, 2.45) is 0 Å². The topological polar surface area (TPSA) is 61.4 Å². The number of carbonyl (C=O) groups excluding carboxylic acids is 2. The van der Waals surface area contributed by atoms with E-state index in [-0.39, 0.29) is 17.5 Å². The highest BCUT2D eigenvalue weighted by molar-refractivity contribution is 8.00. The zero-order valence-electron chi connectivity index (χ0n) is 11.3. The molecule has 0 aromatic heterocycles. The number of carbonyl (C=O) groups is 2. The van der Waals surface area contributed by atoms with Gasteiger partial charge in [0.2, 0.25) is 11.8 Å². The second-order valence-electron chi connectivity index (χ2n) is 5.08. The molecular formula is C14H17N3O2S. The average Bonchev–Trinajstić information content (AvgIpc) is 2.85. The van der Waals surface area contributed by atoms with E-state index in [4.69, 9.17) is 0 Å². The first-order valence-electron chi connectivity index (χ1n) is 6.63. The highest BCUT2D eigenvalue weighted by Gasteiger charge is 2.47. The van der Waals surface area contributed by atoms with E-state index in [9.17, 15) is 9.59 Å². The SMILES string of the molecule is CC(=O)Nc1ccc(C23CSCC(=O)N2CCN3)cc1. The Balaban J connectivity index is 1.90. The van der Waals surface area contributed by atoms with E-state index in [1.165, 1.54) is 6.92 Å². The van der Waals surface area contributed by atoms with E-state index >= 15 is 0 Å². The Labute approximate surface area is 122 Å². The first-order valence-corrected chi connectivity index (χ1v) is 7.79. The number of amides is 2. The van der Waals surface area contributed by atoms with Crippen LogP contribution < -0.4 is 10.6 Å². The maximum Gasteiger partial charge on any atom is 0.234 e. The van der Waals surface area contributed by atoms with Gasteiger partial charge in [-0.2, -0.15) is 0 Å². The number of anilines is 1. The number of hydrogen-bond acceptors (Lipinski definition) is 4. The van der Waals surface area contributed by atoms with Gasteiger partial charge in [0.05, 0.1) is 5.75 Å². The molecular weight excluding hydrogens is 274 g/mol. The number of thioether (sulfide) groups is 1. The monoisotopic (exact) mass is 291 g/mol. The number of fused-ring (bicyclic) bond motifs is 1. The Morgan fingerprint density at radius 1 is 1.40 bits per heavy atom. The molecule has 1 unspecified atom stereocenters. The van der Waals surface area contributed by atoms with Crippen LogP contribution in [-0.4, -0.2) is 41.3 Å². The van der Waals surface area contributed by atoms with Gasteiger partial charge in [-0.15, -0.1) is 11.8 Å². The van der Waals surface area contributed by atoms with Crippen LogP contribution in [0.15, 0.2) is 24.3 Å². The minimum absolute atomic E-state index is 0.0834. The molecule has 20 heavy (non-hydrogen) atoms. The van der Waals surface area contributed by atoms with Crippen molar-refractivity contribution >= 4 is 29.3 Å². The minimum Gasteiger partial charge on any atom is -0.326 e. The van der Waals surface area contributed by atoms with Crippen molar-refractivity contribution in [1.82, 2.24) is 10.2 Å². The summed E-state index contributed by atoms with van der Waals surface area (Å²) in [6.07, 6.45) is 0. The molecule has 2 amide bonds. The van der Waals surface area contributed by atoms with Crippen molar-refractivity contribution in [3.63, 3.8) is 0 Å². The minimum atomic E-state index is -0.380. The van der Waals surface area contributed by atoms with Gasteiger partial charge in [0.25, 0.3) is 0 Å². The van der Waals surface area contributed by atoms with E-state index in [0.29, 0.717) is 5.75 Å². The Bertz CT molecular complexity index is 546. The quantitative estimate of drug-likeness (QED) is 0.852. The van der Waals surface area contributed by atoms with Crippen molar-refractivity contribution in [3.8, 4) is 0 Å². The third-order valence-corrected chi connectivity index (χ3v) is 4.81. The van der Waals surface area contributed by atoms with Crippen LogP contribution in [-0.2, 0) is 15.3 Å². The fourth-order valence-corrected chi connectivity index (χ4v) is 4.02. The molecule has 0 spiro atoms. The van der Waals surface area contributed by atoms with Gasteiger partial charge in [0.15, 0.2) is 0 Å². The molecule has 106 valence electrons. The molecule has 1 atom stereocenters. The maximum atomic E-state index is 12.1. The van der Waals surface area contributed by atoms with Gasteiger partial charge in [-0.3, -0.25) is 14.9 Å². The van der Waals surface area contributed by atoms with Gasteiger partial charge in [-0.1, -0.05) is 12.1 Å². The van der Waals surface area contributed by atoms with Gasteiger partial charge in [0, 0.05) is 31.5 Å². The number of nitrogens with zero attached hydrogens (tertiary/aromatic N) is 1. The van der Waals surface area contributed by atoms with Crippen LogP contribution in [0.4, 0.5) is 5.69 Å². The average molecular weight is 291 g/mol. The summed E-state index contributed by atoms with van der Waals surface area (Å²) in [6.45, 7) is 3.07. The molecule has 1 aromatic rings. The number of rotatable bonds is 2. The van der Waals surface area contributed by atoms with Gasteiger partial charge in [-0.05, 0) is 17.7 Å². The smallest absolute Gasteiger partial charge is 0.234 e. The molecule has 2 aliphatic heterocycles. The molecule has 0 aliphatic carbocycles. The highest BCUT2D eigenvalue weighted by Crippen LogP contribution is 2.37. The fraction of sp³-hybridized carbons (Fsp3) is 0.429. The lowest BCUT2D eigenvalue weighted by atomic mass is 9.99. The normalized spacial score (nSPS) is 25.4. The number of hydrogen-bond donors (Lipinski definition) is 2. The lowest BCUT2D eigenvalue weighted by molar-refractivity contribution is -0.133. The van der Waals surface area contributed by atoms with Crippen LogP contribution in [0.1, 0.15) is 12.5 Å². The molecule has 2 fully saturated rings. The predicted molar refractivity (Wildman–Crippen MR) is 79.5 cm³/mol. The van der Waals surface area contributed by atoms with Crippen molar-refractivity contribution in [3.05, 3.63) is 29.8 Å². The molecule has 0 saturated carbocycles. The van der Waals surface area contributed by atoms with E-state index < -0.39 is 0 Å². The van der Waals surface area contributed by atoms with Crippen molar-refractivity contribution in [1.29, 1.82) is 0 Å². The number of nitrogens with one attached hydrogen (secondary N) is 2. The largest absolute Gasteiger partial charge is 0.326 e. The molecule has 2 aliphatic rings. The Hall–Kier alpha value is -1.53. The number of benzene rings is 1. The van der Waals surface area contributed by atoms with Crippen LogP contribution in [0.2, 0.25) is 0 Å². The van der Waals surface area contributed by atoms with Crippen molar-refractivity contribution in [2.75, 3.05) is 29.9 Å². The van der Waals surface area contributed by atoms with Gasteiger partial charge in [0.1, 0.15) is 5.66 Å². The molecule has 2 saturated heterocycles. The Morgan fingerprint density at radius 2 is 2.15 bits per heavy atom. The van der Waals surface area contributed by atoms with Gasteiger partial charge < -0.3 is 10.2 Å². The Kier molecular flexibility index (Phi) is 3.43. The molecule has 2 heterocycles. The molecule has 0 bridgehead atoms. The summed E-state index contributed by atoms with van der Waals surface area (Å²) in [5.74, 6) is 1.53. The third kappa shape index (κ3) is 2.19. The van der Waals surface area contributed by atoms with E-state index in [1.54, 1.807) is 11.8 Å². The summed E-state index contributed by atoms with van der Waals surface area (Å²) in [5.41, 5.74) is 1.47. The van der Waals surface area contributed by atoms with E-state index in [2.05, 4.69) is 10.6 Å². The van der Waals surface area contributed by atoms with Crippen molar-refractivity contribution in [2.45, 2.75) is 12.6 Å². The zero-order chi connectivity index (χ0) is 14.2. The maximum absolute atomic E-state index is 12.1.